The first kappa shape index (κ1) is 13.5. The first-order chi connectivity index (χ1) is 8.77. The van der Waals surface area contributed by atoms with Gasteiger partial charge < -0.3 is 10.2 Å². The molecule has 0 saturated carbocycles. The summed E-state index contributed by atoms with van der Waals surface area (Å²) in [6, 6.07) is 0.702. The van der Waals surface area contributed by atoms with Crippen LogP contribution >= 0.6 is 11.3 Å². The molecule has 4 nitrogen and oxygen atoms in total. The second-order valence-corrected chi connectivity index (χ2v) is 5.58. The van der Waals surface area contributed by atoms with Gasteiger partial charge in [-0.15, -0.1) is 11.3 Å². The highest BCUT2D eigenvalue weighted by Gasteiger charge is 2.17. The number of hydrogen-bond acceptors (Lipinski definition) is 4. The zero-order valence-electron chi connectivity index (χ0n) is 10.9. The van der Waals surface area contributed by atoms with Crippen LogP contribution in [0.2, 0.25) is 0 Å². The van der Waals surface area contributed by atoms with E-state index in [-0.39, 0.29) is 5.91 Å². The van der Waals surface area contributed by atoms with Gasteiger partial charge in [0.15, 0.2) is 0 Å². The fraction of sp³-hybridized carbons (Fsp3) is 0.692. The minimum atomic E-state index is -0.0528. The summed E-state index contributed by atoms with van der Waals surface area (Å²) in [6.45, 7) is 5.33. The molecule has 0 spiro atoms. The molecule has 2 heterocycles. The van der Waals surface area contributed by atoms with Crippen molar-refractivity contribution in [3.05, 3.63) is 16.6 Å². The summed E-state index contributed by atoms with van der Waals surface area (Å²) in [5.74, 6) is -0.0528. The molecule has 1 N–H and O–H groups in total. The Morgan fingerprint density at radius 1 is 1.61 bits per heavy atom. The van der Waals surface area contributed by atoms with E-state index in [2.05, 4.69) is 22.1 Å². The van der Waals surface area contributed by atoms with Crippen LogP contribution in [0.25, 0.3) is 0 Å². The van der Waals surface area contributed by atoms with Crippen LogP contribution in [0, 0.1) is 0 Å². The van der Waals surface area contributed by atoms with Gasteiger partial charge in [-0.05, 0) is 32.7 Å². The fourth-order valence-electron chi connectivity index (χ4n) is 2.39. The van der Waals surface area contributed by atoms with Crippen molar-refractivity contribution >= 4 is 17.2 Å². The molecule has 1 aliphatic rings. The van der Waals surface area contributed by atoms with E-state index in [0.29, 0.717) is 11.7 Å². The normalized spacial score (nSPS) is 20.8. The quantitative estimate of drug-likeness (QED) is 0.831. The van der Waals surface area contributed by atoms with E-state index in [1.807, 2.05) is 0 Å². The van der Waals surface area contributed by atoms with Gasteiger partial charge in [0.25, 0.3) is 5.91 Å². The molecule has 1 amide bonds. The molecule has 1 saturated heterocycles. The zero-order valence-corrected chi connectivity index (χ0v) is 11.7. The minimum absolute atomic E-state index is 0.0528. The van der Waals surface area contributed by atoms with Crippen LogP contribution in [0.5, 0.6) is 0 Å². The molecule has 1 aliphatic heterocycles. The van der Waals surface area contributed by atoms with Gasteiger partial charge in [0, 0.05) is 24.5 Å². The molecule has 2 rings (SSSR count). The van der Waals surface area contributed by atoms with Crippen molar-refractivity contribution in [3.63, 3.8) is 0 Å². The highest BCUT2D eigenvalue weighted by atomic mass is 32.1. The summed E-state index contributed by atoms with van der Waals surface area (Å²) in [7, 11) is 0. The molecule has 1 unspecified atom stereocenters. The predicted octanol–water partition coefficient (Wildman–Crippen LogP) is 2.14. The number of likely N-dealkylation sites (tertiary alicyclic amines) is 1. The number of hydrogen-bond donors (Lipinski definition) is 1. The van der Waals surface area contributed by atoms with Gasteiger partial charge in [-0.2, -0.15) is 0 Å². The summed E-state index contributed by atoms with van der Waals surface area (Å²) in [5, 5.41) is 4.70. The molecule has 1 aromatic rings. The molecule has 1 aromatic heterocycles. The molecule has 100 valence electrons. The van der Waals surface area contributed by atoms with Crippen molar-refractivity contribution in [1.29, 1.82) is 0 Å². The molecule has 0 aliphatic carbocycles. The van der Waals surface area contributed by atoms with Crippen LogP contribution in [0.4, 0.5) is 0 Å². The van der Waals surface area contributed by atoms with E-state index in [1.54, 1.807) is 10.9 Å². The number of carbonyl (C=O) groups is 1. The lowest BCUT2D eigenvalue weighted by molar-refractivity contribution is 0.0944. The lowest BCUT2D eigenvalue weighted by Gasteiger charge is -2.33. The summed E-state index contributed by atoms with van der Waals surface area (Å²) in [4.78, 5) is 18.2. The second kappa shape index (κ2) is 6.85. The zero-order chi connectivity index (χ0) is 12.8. The van der Waals surface area contributed by atoms with Gasteiger partial charge in [-0.25, -0.2) is 4.98 Å². The Hall–Kier alpha value is -0.940. The van der Waals surface area contributed by atoms with E-state index in [9.17, 15) is 4.79 Å². The number of rotatable bonds is 5. The summed E-state index contributed by atoms with van der Waals surface area (Å²) in [5.41, 5.74) is 2.22. The van der Waals surface area contributed by atoms with Gasteiger partial charge in [0.05, 0.1) is 5.51 Å². The molecule has 1 atom stereocenters. The highest BCUT2D eigenvalue weighted by molar-refractivity contribution is 7.07. The monoisotopic (exact) mass is 267 g/mol. The Morgan fingerprint density at radius 2 is 2.50 bits per heavy atom. The topological polar surface area (TPSA) is 45.2 Å². The number of amides is 1. The average Bonchev–Trinajstić information content (AvgIpc) is 2.90. The standard InChI is InChI=1S/C13H21N3OS/c1-11-5-2-3-7-16(11)8-4-6-14-13(17)12-9-18-10-15-12/h9-11H,2-8H2,1H3,(H,14,17). The van der Waals surface area contributed by atoms with Crippen molar-refractivity contribution in [3.8, 4) is 0 Å². The molecule has 1 fully saturated rings. The van der Waals surface area contributed by atoms with Crippen LogP contribution in [0.3, 0.4) is 0 Å². The Labute approximate surface area is 112 Å². The third kappa shape index (κ3) is 3.78. The number of nitrogens with zero attached hydrogens (tertiary/aromatic N) is 2. The maximum Gasteiger partial charge on any atom is 0.270 e. The van der Waals surface area contributed by atoms with Crippen LogP contribution in [0.1, 0.15) is 43.1 Å². The fourth-order valence-corrected chi connectivity index (χ4v) is 2.92. The molecule has 18 heavy (non-hydrogen) atoms. The van der Waals surface area contributed by atoms with E-state index in [0.717, 1.165) is 19.5 Å². The van der Waals surface area contributed by atoms with Gasteiger partial charge in [0.1, 0.15) is 5.69 Å². The molecule has 0 radical (unpaired) electrons. The van der Waals surface area contributed by atoms with Crippen LogP contribution in [0.15, 0.2) is 10.9 Å². The van der Waals surface area contributed by atoms with Crippen LogP contribution < -0.4 is 5.32 Å². The second-order valence-electron chi connectivity index (χ2n) is 4.86. The highest BCUT2D eigenvalue weighted by Crippen LogP contribution is 2.16. The minimum Gasteiger partial charge on any atom is -0.351 e. The van der Waals surface area contributed by atoms with Crippen molar-refractivity contribution in [2.45, 2.75) is 38.6 Å². The average molecular weight is 267 g/mol. The molecule has 0 aromatic carbocycles. The smallest absolute Gasteiger partial charge is 0.270 e. The SMILES string of the molecule is CC1CCCCN1CCCNC(=O)c1cscn1. The van der Waals surface area contributed by atoms with Crippen LogP contribution in [-0.2, 0) is 0 Å². The number of thiazole rings is 1. The molecule has 5 heteroatoms. The van der Waals surface area contributed by atoms with Gasteiger partial charge in [-0.1, -0.05) is 6.42 Å². The van der Waals surface area contributed by atoms with E-state index in [1.165, 1.54) is 37.1 Å². The summed E-state index contributed by atoms with van der Waals surface area (Å²) < 4.78 is 0. The number of piperidine rings is 1. The lowest BCUT2D eigenvalue weighted by atomic mass is 10.0. The number of nitrogens with one attached hydrogen (secondary N) is 1. The number of aromatic nitrogens is 1. The molecule has 0 bridgehead atoms. The Bertz CT molecular complexity index is 366. The largest absolute Gasteiger partial charge is 0.351 e. The van der Waals surface area contributed by atoms with Crippen molar-refractivity contribution in [2.75, 3.05) is 19.6 Å². The first-order valence-electron chi connectivity index (χ1n) is 6.68. The van der Waals surface area contributed by atoms with Crippen LogP contribution in [-0.4, -0.2) is 41.5 Å². The van der Waals surface area contributed by atoms with Crippen molar-refractivity contribution in [2.24, 2.45) is 0 Å². The Morgan fingerprint density at radius 3 is 3.22 bits per heavy atom. The first-order valence-corrected chi connectivity index (χ1v) is 7.62. The molecular formula is C13H21N3OS. The Kier molecular flexibility index (Phi) is 5.13. The van der Waals surface area contributed by atoms with Gasteiger partial charge in [0.2, 0.25) is 0 Å². The van der Waals surface area contributed by atoms with E-state index >= 15 is 0 Å². The Balaban J connectivity index is 1.62. The van der Waals surface area contributed by atoms with Gasteiger partial charge in [-0.3, -0.25) is 4.79 Å². The maximum absolute atomic E-state index is 11.6. The predicted molar refractivity (Wildman–Crippen MR) is 74.0 cm³/mol. The lowest BCUT2D eigenvalue weighted by Crippen LogP contribution is -2.39. The van der Waals surface area contributed by atoms with Crippen molar-refractivity contribution in [1.82, 2.24) is 15.2 Å². The van der Waals surface area contributed by atoms with E-state index < -0.39 is 0 Å². The summed E-state index contributed by atoms with van der Waals surface area (Å²) >= 11 is 1.45. The van der Waals surface area contributed by atoms with Gasteiger partial charge >= 0.3 is 0 Å². The molecular weight excluding hydrogens is 246 g/mol. The van der Waals surface area contributed by atoms with E-state index in [4.69, 9.17) is 0 Å². The van der Waals surface area contributed by atoms with Crippen molar-refractivity contribution < 1.29 is 4.79 Å². The maximum atomic E-state index is 11.6. The third-order valence-electron chi connectivity index (χ3n) is 3.51. The third-order valence-corrected chi connectivity index (χ3v) is 4.10. The summed E-state index contributed by atoms with van der Waals surface area (Å²) in [6.07, 6.45) is 5.00. The number of carbonyl (C=O) groups excluding carboxylic acids is 1.